The molecule has 21 heavy (non-hydrogen) atoms. The van der Waals surface area contributed by atoms with E-state index in [-0.39, 0.29) is 5.91 Å². The lowest BCUT2D eigenvalue weighted by atomic mass is 10.2. The van der Waals surface area contributed by atoms with E-state index in [0.717, 1.165) is 0 Å². The SMILES string of the molecule is O=C(Nc1c(Cl)cccc1Cl)c1cnc2nccnc2c1. The number of hydrogen-bond donors (Lipinski definition) is 1. The summed E-state index contributed by atoms with van der Waals surface area (Å²) in [6.07, 6.45) is 4.51. The molecule has 0 fully saturated rings. The second kappa shape index (κ2) is 5.63. The van der Waals surface area contributed by atoms with Crippen molar-refractivity contribution in [2.75, 3.05) is 5.32 Å². The summed E-state index contributed by atoms with van der Waals surface area (Å²) in [5.74, 6) is -0.370. The Bertz CT molecular complexity index is 818. The minimum atomic E-state index is -0.370. The maximum atomic E-state index is 12.2. The Hall–Kier alpha value is -2.24. The second-order valence-electron chi connectivity index (χ2n) is 4.17. The summed E-state index contributed by atoms with van der Waals surface area (Å²) in [6, 6.07) is 6.60. The zero-order valence-electron chi connectivity index (χ0n) is 10.5. The molecule has 0 aliphatic rings. The van der Waals surface area contributed by atoms with Crippen LogP contribution in [0, 0.1) is 0 Å². The van der Waals surface area contributed by atoms with E-state index in [4.69, 9.17) is 23.2 Å². The van der Waals surface area contributed by atoms with Crippen molar-refractivity contribution in [2.45, 2.75) is 0 Å². The maximum Gasteiger partial charge on any atom is 0.257 e. The van der Waals surface area contributed by atoms with Crippen LogP contribution in [-0.4, -0.2) is 20.9 Å². The molecular weight excluding hydrogens is 311 g/mol. The molecule has 0 saturated heterocycles. The highest BCUT2D eigenvalue weighted by Crippen LogP contribution is 2.30. The molecule has 104 valence electrons. The van der Waals surface area contributed by atoms with E-state index in [2.05, 4.69) is 20.3 Å². The first-order chi connectivity index (χ1) is 10.1. The van der Waals surface area contributed by atoms with Crippen molar-refractivity contribution in [3.63, 3.8) is 0 Å². The molecule has 0 atom stereocenters. The van der Waals surface area contributed by atoms with Gasteiger partial charge in [-0.1, -0.05) is 29.3 Å². The number of halogens is 2. The van der Waals surface area contributed by atoms with E-state index < -0.39 is 0 Å². The van der Waals surface area contributed by atoms with Crippen molar-refractivity contribution >= 4 is 46.0 Å². The Kier molecular flexibility index (Phi) is 3.68. The normalized spacial score (nSPS) is 10.6. The molecule has 7 heteroatoms. The van der Waals surface area contributed by atoms with Gasteiger partial charge in [0.1, 0.15) is 5.52 Å². The number of para-hydroxylation sites is 1. The predicted octanol–water partition coefficient (Wildman–Crippen LogP) is 3.58. The van der Waals surface area contributed by atoms with E-state index >= 15 is 0 Å². The van der Waals surface area contributed by atoms with Crippen LogP contribution in [-0.2, 0) is 0 Å². The van der Waals surface area contributed by atoms with E-state index in [1.165, 1.54) is 12.4 Å². The highest BCUT2D eigenvalue weighted by Gasteiger charge is 2.12. The number of pyridine rings is 1. The lowest BCUT2D eigenvalue weighted by molar-refractivity contribution is 0.102. The lowest BCUT2D eigenvalue weighted by Gasteiger charge is -2.09. The molecule has 0 radical (unpaired) electrons. The summed E-state index contributed by atoms with van der Waals surface area (Å²) in [5, 5.41) is 3.40. The molecule has 1 N–H and O–H groups in total. The van der Waals surface area contributed by atoms with Crippen LogP contribution in [0.5, 0.6) is 0 Å². The van der Waals surface area contributed by atoms with Crippen LogP contribution in [0.1, 0.15) is 10.4 Å². The topological polar surface area (TPSA) is 67.8 Å². The maximum absolute atomic E-state index is 12.2. The zero-order valence-corrected chi connectivity index (χ0v) is 12.1. The fraction of sp³-hybridized carbons (Fsp3) is 0. The molecule has 1 aromatic carbocycles. The fourth-order valence-electron chi connectivity index (χ4n) is 1.79. The summed E-state index contributed by atoms with van der Waals surface area (Å²) in [4.78, 5) is 24.5. The minimum absolute atomic E-state index is 0.346. The Morgan fingerprint density at radius 2 is 1.76 bits per heavy atom. The molecule has 0 saturated carbocycles. The van der Waals surface area contributed by atoms with Crippen molar-refractivity contribution in [2.24, 2.45) is 0 Å². The van der Waals surface area contributed by atoms with Crippen LogP contribution >= 0.6 is 23.2 Å². The van der Waals surface area contributed by atoms with Gasteiger partial charge in [0.15, 0.2) is 5.65 Å². The Morgan fingerprint density at radius 1 is 1.05 bits per heavy atom. The number of fused-ring (bicyclic) bond motifs is 1. The van der Waals surface area contributed by atoms with E-state index in [1.54, 1.807) is 30.5 Å². The highest BCUT2D eigenvalue weighted by atomic mass is 35.5. The number of carbonyl (C=O) groups excluding carboxylic acids is 1. The molecule has 0 unspecified atom stereocenters. The summed E-state index contributed by atoms with van der Waals surface area (Å²) >= 11 is 12.0. The van der Waals surface area contributed by atoms with Gasteiger partial charge in [0, 0.05) is 18.6 Å². The van der Waals surface area contributed by atoms with Gasteiger partial charge in [-0.05, 0) is 18.2 Å². The average Bonchev–Trinajstić information content (AvgIpc) is 2.50. The van der Waals surface area contributed by atoms with Gasteiger partial charge in [0.05, 0.1) is 21.3 Å². The summed E-state index contributed by atoms with van der Waals surface area (Å²) < 4.78 is 0. The van der Waals surface area contributed by atoms with Gasteiger partial charge >= 0.3 is 0 Å². The first-order valence-corrected chi connectivity index (χ1v) is 6.73. The number of nitrogens with one attached hydrogen (secondary N) is 1. The molecule has 0 bridgehead atoms. The number of carbonyl (C=O) groups is 1. The molecule has 3 rings (SSSR count). The quantitative estimate of drug-likeness (QED) is 0.784. The summed E-state index contributed by atoms with van der Waals surface area (Å²) in [6.45, 7) is 0. The molecular formula is C14H8Cl2N4O. The third-order valence-corrected chi connectivity index (χ3v) is 3.42. The van der Waals surface area contributed by atoms with Crippen LogP contribution in [0.2, 0.25) is 10.0 Å². The fourth-order valence-corrected chi connectivity index (χ4v) is 2.28. The molecule has 3 aromatic rings. The van der Waals surface area contributed by atoms with E-state index in [0.29, 0.717) is 32.5 Å². The third kappa shape index (κ3) is 2.79. The van der Waals surface area contributed by atoms with Crippen LogP contribution in [0.25, 0.3) is 11.2 Å². The van der Waals surface area contributed by atoms with Crippen molar-refractivity contribution in [3.05, 3.63) is 58.5 Å². The number of rotatable bonds is 2. The molecule has 0 spiro atoms. The van der Waals surface area contributed by atoms with Crippen molar-refractivity contribution in [1.82, 2.24) is 15.0 Å². The molecule has 0 aliphatic carbocycles. The Morgan fingerprint density at radius 3 is 2.52 bits per heavy atom. The summed E-state index contributed by atoms with van der Waals surface area (Å²) in [5.41, 5.74) is 1.73. The number of amides is 1. The van der Waals surface area contributed by atoms with Gasteiger partial charge in [-0.3, -0.25) is 9.78 Å². The largest absolute Gasteiger partial charge is 0.319 e. The molecule has 5 nitrogen and oxygen atoms in total. The van der Waals surface area contributed by atoms with E-state index in [1.807, 2.05) is 0 Å². The minimum Gasteiger partial charge on any atom is -0.319 e. The van der Waals surface area contributed by atoms with Gasteiger partial charge in [-0.15, -0.1) is 0 Å². The molecule has 1 amide bonds. The average molecular weight is 319 g/mol. The van der Waals surface area contributed by atoms with Crippen LogP contribution in [0.4, 0.5) is 5.69 Å². The summed E-state index contributed by atoms with van der Waals surface area (Å²) in [7, 11) is 0. The lowest BCUT2D eigenvalue weighted by Crippen LogP contribution is -2.13. The van der Waals surface area contributed by atoms with Crippen LogP contribution in [0.15, 0.2) is 42.9 Å². The monoisotopic (exact) mass is 318 g/mol. The molecule has 0 aliphatic heterocycles. The molecule has 2 heterocycles. The number of hydrogen-bond acceptors (Lipinski definition) is 4. The Labute approximate surface area is 130 Å². The van der Waals surface area contributed by atoms with Crippen LogP contribution in [0.3, 0.4) is 0 Å². The highest BCUT2D eigenvalue weighted by molar-refractivity contribution is 6.40. The smallest absolute Gasteiger partial charge is 0.257 e. The van der Waals surface area contributed by atoms with Gasteiger partial charge in [0.25, 0.3) is 5.91 Å². The molecule has 2 aromatic heterocycles. The van der Waals surface area contributed by atoms with Gasteiger partial charge in [-0.2, -0.15) is 0 Å². The van der Waals surface area contributed by atoms with Gasteiger partial charge in [-0.25, -0.2) is 9.97 Å². The number of aromatic nitrogens is 3. The first-order valence-electron chi connectivity index (χ1n) is 5.97. The standard InChI is InChI=1S/C14H8Cl2N4O/c15-9-2-1-3-10(16)12(9)20-14(21)8-6-11-13(19-7-8)18-5-4-17-11/h1-7H,(H,20,21). The van der Waals surface area contributed by atoms with Crippen molar-refractivity contribution in [3.8, 4) is 0 Å². The second-order valence-corrected chi connectivity index (χ2v) is 4.99. The van der Waals surface area contributed by atoms with E-state index in [9.17, 15) is 4.79 Å². The van der Waals surface area contributed by atoms with Gasteiger partial charge < -0.3 is 5.32 Å². The van der Waals surface area contributed by atoms with Crippen molar-refractivity contribution in [1.29, 1.82) is 0 Å². The van der Waals surface area contributed by atoms with Crippen molar-refractivity contribution < 1.29 is 4.79 Å². The third-order valence-electron chi connectivity index (χ3n) is 2.79. The van der Waals surface area contributed by atoms with Gasteiger partial charge in [0.2, 0.25) is 0 Å². The zero-order chi connectivity index (χ0) is 14.8. The number of anilines is 1. The number of benzene rings is 1. The predicted molar refractivity (Wildman–Crippen MR) is 81.7 cm³/mol. The first kappa shape index (κ1) is 13.7. The van der Waals surface area contributed by atoms with Crippen LogP contribution < -0.4 is 5.32 Å². The number of nitrogens with zero attached hydrogens (tertiary/aromatic N) is 3. The Balaban J connectivity index is 1.94.